The summed E-state index contributed by atoms with van der Waals surface area (Å²) >= 11 is 1.56. The van der Waals surface area contributed by atoms with E-state index in [1.807, 2.05) is 5.38 Å². The van der Waals surface area contributed by atoms with E-state index in [1.54, 1.807) is 11.3 Å². The number of amides is 1. The van der Waals surface area contributed by atoms with Crippen LogP contribution in [0.5, 0.6) is 0 Å². The van der Waals surface area contributed by atoms with Crippen LogP contribution < -0.4 is 10.6 Å². The van der Waals surface area contributed by atoms with Crippen molar-refractivity contribution in [3.05, 3.63) is 21.9 Å². The Hall–Kier alpha value is -0.580. The number of carbonyl (C=O) groups is 1. The first-order valence-electron chi connectivity index (χ1n) is 6.39. The first kappa shape index (κ1) is 15.5. The van der Waals surface area contributed by atoms with Gasteiger partial charge in [0.2, 0.25) is 0 Å². The molecule has 3 nitrogen and oxygen atoms in total. The highest BCUT2D eigenvalue weighted by molar-refractivity contribution is 7.12. The number of carbonyl (C=O) groups excluding carboxylic acids is 1. The molecule has 0 bridgehead atoms. The van der Waals surface area contributed by atoms with E-state index in [2.05, 4.69) is 23.6 Å². The fourth-order valence-corrected chi connectivity index (χ4v) is 2.77. The van der Waals surface area contributed by atoms with Crippen molar-refractivity contribution in [2.75, 3.05) is 19.6 Å². The Morgan fingerprint density at radius 2 is 2.17 bits per heavy atom. The van der Waals surface area contributed by atoms with Gasteiger partial charge in [-0.25, -0.2) is 0 Å². The lowest BCUT2D eigenvalue weighted by Crippen LogP contribution is -2.32. The number of hydrogen-bond donors (Lipinski definition) is 2. The zero-order chi connectivity index (χ0) is 12.1. The molecule has 1 aliphatic carbocycles. The van der Waals surface area contributed by atoms with Crippen molar-refractivity contribution >= 4 is 29.7 Å². The fourth-order valence-electron chi connectivity index (χ4n) is 1.87. The van der Waals surface area contributed by atoms with Gasteiger partial charge >= 0.3 is 0 Å². The van der Waals surface area contributed by atoms with Gasteiger partial charge in [0.05, 0.1) is 4.88 Å². The average Bonchev–Trinajstić information content (AvgIpc) is 3.06. The average molecular weight is 289 g/mol. The van der Waals surface area contributed by atoms with Gasteiger partial charge in [0.15, 0.2) is 0 Å². The molecule has 0 aliphatic heterocycles. The third kappa shape index (κ3) is 4.26. The molecule has 0 unspecified atom stereocenters. The maximum absolute atomic E-state index is 12.0. The molecule has 1 heterocycles. The minimum Gasteiger partial charge on any atom is -0.350 e. The second-order valence-corrected chi connectivity index (χ2v) is 5.40. The van der Waals surface area contributed by atoms with Crippen LogP contribution >= 0.6 is 23.7 Å². The Morgan fingerprint density at radius 3 is 2.83 bits per heavy atom. The molecule has 5 heteroatoms. The number of rotatable bonds is 7. The number of halogens is 1. The predicted octanol–water partition coefficient (Wildman–Crippen LogP) is 2.78. The smallest absolute Gasteiger partial charge is 0.261 e. The van der Waals surface area contributed by atoms with Gasteiger partial charge in [-0.2, -0.15) is 0 Å². The van der Waals surface area contributed by atoms with E-state index in [0.29, 0.717) is 12.5 Å². The second-order valence-electron chi connectivity index (χ2n) is 4.49. The van der Waals surface area contributed by atoms with E-state index in [1.165, 1.54) is 18.4 Å². The summed E-state index contributed by atoms with van der Waals surface area (Å²) in [7, 11) is 0. The first-order chi connectivity index (χ1) is 8.33. The van der Waals surface area contributed by atoms with Gasteiger partial charge in [0.1, 0.15) is 0 Å². The van der Waals surface area contributed by atoms with Crippen LogP contribution in [0.15, 0.2) is 11.4 Å². The molecule has 1 aliphatic rings. The molecular weight excluding hydrogens is 268 g/mol. The lowest BCUT2D eigenvalue weighted by Gasteiger charge is -2.06. The summed E-state index contributed by atoms with van der Waals surface area (Å²) < 4.78 is 0. The van der Waals surface area contributed by atoms with E-state index in [0.717, 1.165) is 24.4 Å². The topological polar surface area (TPSA) is 41.1 Å². The van der Waals surface area contributed by atoms with Crippen LogP contribution in [0.4, 0.5) is 0 Å². The van der Waals surface area contributed by atoms with E-state index < -0.39 is 0 Å². The van der Waals surface area contributed by atoms with Crippen LogP contribution in [0.3, 0.4) is 0 Å². The molecule has 2 rings (SSSR count). The zero-order valence-electron chi connectivity index (χ0n) is 10.7. The summed E-state index contributed by atoms with van der Waals surface area (Å²) in [5.74, 6) is 0.750. The van der Waals surface area contributed by atoms with Gasteiger partial charge in [-0.15, -0.1) is 23.7 Å². The molecule has 18 heavy (non-hydrogen) atoms. The van der Waals surface area contributed by atoms with Crippen molar-refractivity contribution in [3.63, 3.8) is 0 Å². The Bertz CT molecular complexity index is 377. The summed E-state index contributed by atoms with van der Waals surface area (Å²) in [5, 5.41) is 8.28. The van der Waals surface area contributed by atoms with Gasteiger partial charge in [0.25, 0.3) is 5.91 Å². The van der Waals surface area contributed by atoms with Crippen LogP contribution in [-0.2, 0) is 0 Å². The molecule has 102 valence electrons. The Balaban J connectivity index is 0.00000162. The molecule has 1 aromatic rings. The standard InChI is InChI=1S/C13H20N2OS.ClH/c1-2-6-14-7-8-15-13(16)12-11(5-9-17-12)10-3-4-10;/h5,9-10,14H,2-4,6-8H2,1H3,(H,15,16);1H. The van der Waals surface area contributed by atoms with Crippen LogP contribution in [-0.4, -0.2) is 25.5 Å². The maximum Gasteiger partial charge on any atom is 0.261 e. The minimum atomic E-state index is 0. The Morgan fingerprint density at radius 1 is 1.39 bits per heavy atom. The Kier molecular flexibility index (Phi) is 6.68. The molecule has 0 saturated heterocycles. The van der Waals surface area contributed by atoms with Crippen LogP contribution in [0.2, 0.25) is 0 Å². The molecule has 1 fully saturated rings. The summed E-state index contributed by atoms with van der Waals surface area (Å²) in [6.07, 6.45) is 3.62. The monoisotopic (exact) mass is 288 g/mol. The highest BCUT2D eigenvalue weighted by atomic mass is 35.5. The summed E-state index contributed by atoms with van der Waals surface area (Å²) in [6.45, 7) is 4.71. The summed E-state index contributed by atoms with van der Waals surface area (Å²) in [6, 6.07) is 2.10. The van der Waals surface area contributed by atoms with Crippen molar-refractivity contribution < 1.29 is 4.79 Å². The lowest BCUT2D eigenvalue weighted by atomic mass is 10.1. The lowest BCUT2D eigenvalue weighted by molar-refractivity contribution is 0.0957. The zero-order valence-corrected chi connectivity index (χ0v) is 12.3. The molecule has 1 amide bonds. The van der Waals surface area contributed by atoms with Crippen molar-refractivity contribution in [2.24, 2.45) is 0 Å². The molecule has 0 radical (unpaired) electrons. The van der Waals surface area contributed by atoms with Gasteiger partial charge in [-0.1, -0.05) is 6.92 Å². The third-order valence-electron chi connectivity index (χ3n) is 2.93. The van der Waals surface area contributed by atoms with Crippen LogP contribution in [0.1, 0.15) is 47.3 Å². The van der Waals surface area contributed by atoms with Crippen LogP contribution in [0.25, 0.3) is 0 Å². The van der Waals surface area contributed by atoms with E-state index in [9.17, 15) is 4.79 Å². The second kappa shape index (κ2) is 7.77. The molecular formula is C13H21ClN2OS. The molecule has 0 spiro atoms. The highest BCUT2D eigenvalue weighted by Gasteiger charge is 2.28. The fraction of sp³-hybridized carbons (Fsp3) is 0.615. The highest BCUT2D eigenvalue weighted by Crippen LogP contribution is 2.43. The van der Waals surface area contributed by atoms with Gasteiger partial charge < -0.3 is 10.6 Å². The van der Waals surface area contributed by atoms with E-state index in [4.69, 9.17) is 0 Å². The molecule has 2 N–H and O–H groups in total. The van der Waals surface area contributed by atoms with Gasteiger partial charge in [0, 0.05) is 13.1 Å². The van der Waals surface area contributed by atoms with Crippen LogP contribution in [0, 0.1) is 0 Å². The molecule has 0 aromatic carbocycles. The first-order valence-corrected chi connectivity index (χ1v) is 7.27. The summed E-state index contributed by atoms with van der Waals surface area (Å²) in [5.41, 5.74) is 1.26. The van der Waals surface area contributed by atoms with E-state index >= 15 is 0 Å². The largest absolute Gasteiger partial charge is 0.350 e. The van der Waals surface area contributed by atoms with Crippen molar-refractivity contribution in [3.8, 4) is 0 Å². The number of thiophene rings is 1. The molecule has 1 aromatic heterocycles. The SMILES string of the molecule is CCCNCCNC(=O)c1sccc1C1CC1.Cl. The van der Waals surface area contributed by atoms with Gasteiger partial charge in [-0.3, -0.25) is 4.79 Å². The number of hydrogen-bond acceptors (Lipinski definition) is 3. The third-order valence-corrected chi connectivity index (χ3v) is 3.86. The predicted molar refractivity (Wildman–Crippen MR) is 79.0 cm³/mol. The van der Waals surface area contributed by atoms with Crippen molar-refractivity contribution in [2.45, 2.75) is 32.1 Å². The van der Waals surface area contributed by atoms with E-state index in [-0.39, 0.29) is 18.3 Å². The summed E-state index contributed by atoms with van der Waals surface area (Å²) in [4.78, 5) is 12.9. The van der Waals surface area contributed by atoms with Crippen molar-refractivity contribution in [1.29, 1.82) is 0 Å². The molecule has 0 atom stereocenters. The minimum absolute atomic E-state index is 0. The normalized spacial score (nSPS) is 14.1. The molecule has 1 saturated carbocycles. The maximum atomic E-state index is 12.0. The quantitative estimate of drug-likeness (QED) is 0.758. The number of nitrogens with one attached hydrogen (secondary N) is 2. The van der Waals surface area contributed by atoms with Crippen molar-refractivity contribution in [1.82, 2.24) is 10.6 Å². The Labute approximate surface area is 119 Å². The van der Waals surface area contributed by atoms with Gasteiger partial charge in [-0.05, 0) is 48.7 Å².